The first-order valence-electron chi connectivity index (χ1n) is 8.48. The Labute approximate surface area is 149 Å². The maximum atomic E-state index is 12.8. The second-order valence-electron chi connectivity index (χ2n) is 6.83. The molecule has 5 heteroatoms. The summed E-state index contributed by atoms with van der Waals surface area (Å²) < 4.78 is 12.4. The Balaban J connectivity index is 1.45. The van der Waals surface area contributed by atoms with Crippen LogP contribution in [-0.4, -0.2) is 24.0 Å². The number of hydrogen-bond acceptors (Lipinski definition) is 4. The molecule has 0 spiro atoms. The highest BCUT2D eigenvalue weighted by atomic mass is 79.9. The summed E-state index contributed by atoms with van der Waals surface area (Å²) in [4.78, 5) is 24.6. The van der Waals surface area contributed by atoms with Crippen LogP contribution in [0, 0.1) is 11.8 Å². The van der Waals surface area contributed by atoms with Gasteiger partial charge in [-0.05, 0) is 43.4 Å². The van der Waals surface area contributed by atoms with Crippen LogP contribution >= 0.6 is 15.9 Å². The van der Waals surface area contributed by atoms with Gasteiger partial charge in [0, 0.05) is 10.9 Å². The number of carbonyl (C=O) groups is 2. The summed E-state index contributed by atoms with van der Waals surface area (Å²) in [6.45, 7) is 0. The molecular formula is C19H19BrO4. The van der Waals surface area contributed by atoms with E-state index in [1.54, 1.807) is 6.26 Å². The molecule has 3 aliphatic rings. The quantitative estimate of drug-likeness (QED) is 0.734. The number of ether oxygens (including phenoxy) is 2. The lowest BCUT2D eigenvalue weighted by Crippen LogP contribution is -2.42. The van der Waals surface area contributed by atoms with Crippen molar-refractivity contribution >= 4 is 33.3 Å². The van der Waals surface area contributed by atoms with Crippen LogP contribution in [0.5, 0.6) is 0 Å². The fraction of sp³-hybridized carbons (Fsp3) is 0.474. The van der Waals surface area contributed by atoms with E-state index in [1.165, 1.54) is 0 Å². The Kier molecular flexibility index (Phi) is 4.21. The predicted molar refractivity (Wildman–Crippen MR) is 91.9 cm³/mol. The van der Waals surface area contributed by atoms with Crippen molar-refractivity contribution in [2.45, 2.75) is 44.3 Å². The number of allylic oxidation sites excluding steroid dienone is 1. The summed E-state index contributed by atoms with van der Waals surface area (Å²) in [7, 11) is 0. The zero-order valence-electron chi connectivity index (χ0n) is 13.2. The lowest BCUT2D eigenvalue weighted by molar-refractivity contribution is -0.156. The molecule has 0 radical (unpaired) electrons. The van der Waals surface area contributed by atoms with Gasteiger partial charge in [-0.1, -0.05) is 28.1 Å². The minimum Gasteiger partial charge on any atom is -0.496 e. The molecule has 4 rings (SSSR count). The van der Waals surface area contributed by atoms with Gasteiger partial charge in [0.1, 0.15) is 12.2 Å². The van der Waals surface area contributed by atoms with Crippen molar-refractivity contribution < 1.29 is 19.1 Å². The fourth-order valence-electron chi connectivity index (χ4n) is 3.48. The molecule has 0 aromatic heterocycles. The largest absolute Gasteiger partial charge is 0.496 e. The van der Waals surface area contributed by atoms with Gasteiger partial charge < -0.3 is 9.47 Å². The standard InChI is InChI=1S/C19H19BrO4/c20-13-5-3-11(4-6-13)16-10-23-17-9-14(7-8-15(17)18(16)21)24-19(22)12-1-2-12/h3-6,10,12,14-15,17H,1-2,7-9H2. The Morgan fingerprint density at radius 2 is 1.88 bits per heavy atom. The minimum absolute atomic E-state index is 0.0771. The Bertz CT molecular complexity index is 690. The van der Waals surface area contributed by atoms with Gasteiger partial charge in [-0.25, -0.2) is 0 Å². The molecule has 126 valence electrons. The normalized spacial score (nSPS) is 29.3. The van der Waals surface area contributed by atoms with Crippen LogP contribution in [0.2, 0.25) is 0 Å². The van der Waals surface area contributed by atoms with E-state index < -0.39 is 0 Å². The number of benzene rings is 1. The lowest BCUT2D eigenvalue weighted by atomic mass is 9.78. The first-order chi connectivity index (χ1) is 11.6. The SMILES string of the molecule is O=C(OC1CCC2C(=O)C(c3ccc(Br)cc3)=COC2C1)C1CC1. The number of Topliss-reactive ketones (excluding diaryl/α,β-unsaturated/α-hetero) is 1. The summed E-state index contributed by atoms with van der Waals surface area (Å²) in [6.07, 6.45) is 5.24. The van der Waals surface area contributed by atoms with Crippen LogP contribution in [0.3, 0.4) is 0 Å². The van der Waals surface area contributed by atoms with Crippen molar-refractivity contribution in [3.05, 3.63) is 40.6 Å². The topological polar surface area (TPSA) is 52.6 Å². The van der Waals surface area contributed by atoms with Gasteiger partial charge in [0.05, 0.1) is 23.7 Å². The van der Waals surface area contributed by atoms with E-state index in [0.29, 0.717) is 18.4 Å². The van der Waals surface area contributed by atoms with Crippen molar-refractivity contribution in [3.63, 3.8) is 0 Å². The zero-order chi connectivity index (χ0) is 16.7. The van der Waals surface area contributed by atoms with Gasteiger partial charge in [-0.2, -0.15) is 0 Å². The van der Waals surface area contributed by atoms with Crippen molar-refractivity contribution in [2.75, 3.05) is 0 Å². The smallest absolute Gasteiger partial charge is 0.309 e. The Morgan fingerprint density at radius 3 is 2.58 bits per heavy atom. The molecule has 3 unspecified atom stereocenters. The van der Waals surface area contributed by atoms with E-state index in [2.05, 4.69) is 15.9 Å². The van der Waals surface area contributed by atoms with Crippen molar-refractivity contribution in [1.29, 1.82) is 0 Å². The summed E-state index contributed by atoms with van der Waals surface area (Å²) in [5.41, 5.74) is 1.51. The highest BCUT2D eigenvalue weighted by Crippen LogP contribution is 2.38. The first kappa shape index (κ1) is 15.9. The first-order valence-corrected chi connectivity index (χ1v) is 9.27. The van der Waals surface area contributed by atoms with E-state index in [9.17, 15) is 9.59 Å². The van der Waals surface area contributed by atoms with Crippen LogP contribution < -0.4 is 0 Å². The summed E-state index contributed by atoms with van der Waals surface area (Å²) in [5.74, 6) is 0.0391. The van der Waals surface area contributed by atoms with Crippen LogP contribution in [0.25, 0.3) is 5.57 Å². The van der Waals surface area contributed by atoms with Gasteiger partial charge in [0.25, 0.3) is 0 Å². The number of hydrogen-bond donors (Lipinski definition) is 0. The number of fused-ring (bicyclic) bond motifs is 1. The number of rotatable bonds is 3. The monoisotopic (exact) mass is 390 g/mol. The van der Waals surface area contributed by atoms with Crippen LogP contribution in [0.4, 0.5) is 0 Å². The molecule has 3 atom stereocenters. The Morgan fingerprint density at radius 1 is 1.12 bits per heavy atom. The van der Waals surface area contributed by atoms with Gasteiger partial charge >= 0.3 is 5.97 Å². The molecule has 24 heavy (non-hydrogen) atoms. The second-order valence-corrected chi connectivity index (χ2v) is 7.75. The molecule has 0 bridgehead atoms. The van der Waals surface area contributed by atoms with Gasteiger partial charge in [-0.15, -0.1) is 0 Å². The Hall–Kier alpha value is -1.62. The van der Waals surface area contributed by atoms with E-state index in [4.69, 9.17) is 9.47 Å². The number of esters is 1. The van der Waals surface area contributed by atoms with Crippen LogP contribution in [-0.2, 0) is 19.1 Å². The average molecular weight is 391 g/mol. The van der Waals surface area contributed by atoms with Gasteiger partial charge in [0.2, 0.25) is 0 Å². The predicted octanol–water partition coefficient (Wildman–Crippen LogP) is 3.88. The molecule has 2 saturated carbocycles. The summed E-state index contributed by atoms with van der Waals surface area (Å²) in [5, 5.41) is 0. The van der Waals surface area contributed by atoms with E-state index >= 15 is 0 Å². The number of ketones is 1. The fourth-order valence-corrected chi connectivity index (χ4v) is 3.75. The number of halogens is 1. The molecule has 0 N–H and O–H groups in total. The van der Waals surface area contributed by atoms with Gasteiger partial charge in [-0.3, -0.25) is 9.59 Å². The highest BCUT2D eigenvalue weighted by Gasteiger charge is 2.42. The third-order valence-electron chi connectivity index (χ3n) is 5.06. The van der Waals surface area contributed by atoms with Gasteiger partial charge in [0.15, 0.2) is 5.78 Å². The third kappa shape index (κ3) is 3.14. The number of carbonyl (C=O) groups excluding carboxylic acids is 2. The molecule has 4 nitrogen and oxygen atoms in total. The second kappa shape index (κ2) is 6.36. The van der Waals surface area contributed by atoms with Crippen molar-refractivity contribution in [3.8, 4) is 0 Å². The molecule has 1 aromatic rings. The molecular weight excluding hydrogens is 372 g/mol. The van der Waals surface area contributed by atoms with E-state index in [-0.39, 0.29) is 35.8 Å². The molecule has 2 fully saturated rings. The summed E-state index contributed by atoms with van der Waals surface area (Å²) in [6, 6.07) is 7.68. The third-order valence-corrected chi connectivity index (χ3v) is 5.58. The van der Waals surface area contributed by atoms with Crippen LogP contribution in [0.1, 0.15) is 37.7 Å². The maximum Gasteiger partial charge on any atom is 0.309 e. The molecule has 0 amide bonds. The highest BCUT2D eigenvalue weighted by molar-refractivity contribution is 9.10. The summed E-state index contributed by atoms with van der Waals surface area (Å²) >= 11 is 3.40. The molecule has 1 aromatic carbocycles. The van der Waals surface area contributed by atoms with E-state index in [0.717, 1.165) is 29.3 Å². The van der Waals surface area contributed by atoms with Crippen molar-refractivity contribution in [1.82, 2.24) is 0 Å². The maximum absolute atomic E-state index is 12.8. The zero-order valence-corrected chi connectivity index (χ0v) is 14.8. The van der Waals surface area contributed by atoms with Crippen molar-refractivity contribution in [2.24, 2.45) is 11.8 Å². The molecule has 2 aliphatic carbocycles. The molecule has 1 aliphatic heterocycles. The molecule has 0 saturated heterocycles. The molecule has 1 heterocycles. The minimum atomic E-state index is -0.178. The van der Waals surface area contributed by atoms with Crippen LogP contribution in [0.15, 0.2) is 35.0 Å². The average Bonchev–Trinajstić information content (AvgIpc) is 3.41. The lowest BCUT2D eigenvalue weighted by Gasteiger charge is -2.37. The van der Waals surface area contributed by atoms with E-state index in [1.807, 2.05) is 24.3 Å².